The lowest BCUT2D eigenvalue weighted by molar-refractivity contribution is -0.140. The summed E-state index contributed by atoms with van der Waals surface area (Å²) in [5, 5.41) is 15.5. The minimum Gasteiger partial charge on any atom is -0.508 e. The van der Waals surface area contributed by atoms with E-state index in [0.717, 1.165) is 5.70 Å². The van der Waals surface area contributed by atoms with Gasteiger partial charge in [0, 0.05) is 46.7 Å². The molecule has 2 heterocycles. The van der Waals surface area contributed by atoms with Crippen LogP contribution in [-0.2, 0) is 19.1 Å². The first-order valence-electron chi connectivity index (χ1n) is 10.8. The van der Waals surface area contributed by atoms with E-state index in [0.29, 0.717) is 48.5 Å². The molecule has 7 heteroatoms. The first-order chi connectivity index (χ1) is 15.5. The normalized spacial score (nSPS) is 20.8. The predicted molar refractivity (Wildman–Crippen MR) is 122 cm³/mol. The molecule has 0 radical (unpaired) electrons. The average molecular weight is 454 g/mol. The number of rotatable bonds is 7. The van der Waals surface area contributed by atoms with Crippen LogP contribution in [0.15, 0.2) is 64.3 Å². The quantitative estimate of drug-likeness (QED) is 0.478. The zero-order valence-electron chi connectivity index (χ0n) is 18.2. The largest absolute Gasteiger partial charge is 0.508 e. The molecule has 1 aromatic carbocycles. The van der Waals surface area contributed by atoms with E-state index in [4.69, 9.17) is 9.47 Å². The summed E-state index contributed by atoms with van der Waals surface area (Å²) in [6, 6.07) is 10.8. The molecule has 2 N–H and O–H groups in total. The van der Waals surface area contributed by atoms with Crippen LogP contribution < -0.4 is 5.32 Å². The average Bonchev–Trinajstić information content (AvgIpc) is 3.30. The number of carbonyl (C=O) groups is 2. The molecule has 0 bridgehead atoms. The SMILES string of the molecule is CCOCCOC(=O)C1=C(C)NC2=C(C(=O)CC(c3cccs3)C2)C1c1cccc(O)c1. The minimum absolute atomic E-state index is 0.0117. The highest BCUT2D eigenvalue weighted by atomic mass is 32.1. The molecule has 2 atom stereocenters. The number of Topliss-reactive ketones (excluding diaryl/α,β-unsaturated/α-hetero) is 1. The van der Waals surface area contributed by atoms with Crippen LogP contribution in [0, 0.1) is 0 Å². The molecule has 0 amide bonds. The van der Waals surface area contributed by atoms with E-state index in [1.165, 1.54) is 4.88 Å². The van der Waals surface area contributed by atoms with Gasteiger partial charge in [-0.15, -0.1) is 11.3 Å². The lowest BCUT2D eigenvalue weighted by Crippen LogP contribution is -2.36. The molecule has 1 aliphatic carbocycles. The second-order valence-electron chi connectivity index (χ2n) is 7.96. The molecule has 32 heavy (non-hydrogen) atoms. The first kappa shape index (κ1) is 22.3. The van der Waals surface area contributed by atoms with E-state index in [1.807, 2.05) is 31.4 Å². The van der Waals surface area contributed by atoms with Gasteiger partial charge in [0.15, 0.2) is 5.78 Å². The van der Waals surface area contributed by atoms with Crippen molar-refractivity contribution in [3.63, 3.8) is 0 Å². The number of ketones is 1. The molecule has 0 saturated heterocycles. The molecular formula is C25H27NO5S. The molecule has 2 unspecified atom stereocenters. The van der Waals surface area contributed by atoms with Crippen LogP contribution in [0.1, 0.15) is 49.0 Å². The molecule has 6 nitrogen and oxygen atoms in total. The maximum absolute atomic E-state index is 13.4. The number of aromatic hydroxyl groups is 1. The number of hydrogen-bond donors (Lipinski definition) is 2. The monoisotopic (exact) mass is 453 g/mol. The van der Waals surface area contributed by atoms with Crippen LogP contribution in [0.2, 0.25) is 0 Å². The van der Waals surface area contributed by atoms with Crippen molar-refractivity contribution in [2.75, 3.05) is 19.8 Å². The summed E-state index contributed by atoms with van der Waals surface area (Å²) in [6.45, 7) is 4.70. The van der Waals surface area contributed by atoms with Crippen LogP contribution >= 0.6 is 11.3 Å². The maximum atomic E-state index is 13.4. The Bertz CT molecular complexity index is 1070. The summed E-state index contributed by atoms with van der Waals surface area (Å²) < 4.78 is 10.7. The molecule has 1 aromatic heterocycles. The second kappa shape index (κ2) is 9.71. The number of nitrogens with one attached hydrogen (secondary N) is 1. The summed E-state index contributed by atoms with van der Waals surface area (Å²) in [5.74, 6) is -0.856. The van der Waals surface area contributed by atoms with E-state index < -0.39 is 11.9 Å². The lowest BCUT2D eigenvalue weighted by Gasteiger charge is -2.36. The van der Waals surface area contributed by atoms with Gasteiger partial charge in [-0.1, -0.05) is 18.2 Å². The molecule has 1 aliphatic heterocycles. The Kier molecular flexibility index (Phi) is 6.77. The first-order valence-corrected chi connectivity index (χ1v) is 11.7. The smallest absolute Gasteiger partial charge is 0.336 e. The predicted octanol–water partition coefficient (Wildman–Crippen LogP) is 4.40. The highest BCUT2D eigenvalue weighted by Crippen LogP contribution is 2.46. The van der Waals surface area contributed by atoms with Crippen molar-refractivity contribution < 1.29 is 24.2 Å². The number of hydrogen-bond acceptors (Lipinski definition) is 7. The Morgan fingerprint density at radius 3 is 2.78 bits per heavy atom. The van der Waals surface area contributed by atoms with E-state index in [1.54, 1.807) is 29.5 Å². The fourth-order valence-electron chi connectivity index (χ4n) is 4.49. The van der Waals surface area contributed by atoms with Gasteiger partial charge >= 0.3 is 5.97 Å². The Hall–Kier alpha value is -2.90. The Labute approximate surface area is 191 Å². The molecule has 0 fully saturated rings. The molecule has 0 spiro atoms. The van der Waals surface area contributed by atoms with Crippen LogP contribution in [0.3, 0.4) is 0 Å². The van der Waals surface area contributed by atoms with Gasteiger partial charge in [0.25, 0.3) is 0 Å². The number of ether oxygens (including phenoxy) is 2. The van der Waals surface area contributed by atoms with Gasteiger partial charge in [-0.05, 0) is 49.4 Å². The highest BCUT2D eigenvalue weighted by Gasteiger charge is 2.41. The van der Waals surface area contributed by atoms with Gasteiger partial charge in [0.1, 0.15) is 12.4 Å². The van der Waals surface area contributed by atoms with Crippen molar-refractivity contribution in [2.45, 2.75) is 38.5 Å². The van der Waals surface area contributed by atoms with Gasteiger partial charge < -0.3 is 19.9 Å². The third-order valence-electron chi connectivity index (χ3n) is 5.86. The molecule has 2 aromatic rings. The number of allylic oxidation sites excluding steroid dienone is 3. The van der Waals surface area contributed by atoms with Gasteiger partial charge in [-0.3, -0.25) is 4.79 Å². The number of benzene rings is 1. The van der Waals surface area contributed by atoms with Gasteiger partial charge in [0.2, 0.25) is 0 Å². The zero-order valence-corrected chi connectivity index (χ0v) is 19.0. The van der Waals surface area contributed by atoms with E-state index in [2.05, 4.69) is 11.4 Å². The summed E-state index contributed by atoms with van der Waals surface area (Å²) in [7, 11) is 0. The topological polar surface area (TPSA) is 84.9 Å². The molecule has 0 saturated carbocycles. The third-order valence-corrected chi connectivity index (χ3v) is 6.90. The Morgan fingerprint density at radius 1 is 1.22 bits per heavy atom. The molecular weight excluding hydrogens is 426 g/mol. The van der Waals surface area contributed by atoms with Gasteiger partial charge in [0.05, 0.1) is 12.2 Å². The number of dihydropyridines is 1. The minimum atomic E-state index is -0.588. The van der Waals surface area contributed by atoms with Crippen molar-refractivity contribution >= 4 is 23.1 Å². The fraction of sp³-hybridized carbons (Fsp3) is 0.360. The molecule has 2 aliphatic rings. The van der Waals surface area contributed by atoms with Crippen LogP contribution in [0.4, 0.5) is 0 Å². The zero-order chi connectivity index (χ0) is 22.7. The highest BCUT2D eigenvalue weighted by molar-refractivity contribution is 7.10. The number of esters is 1. The summed E-state index contributed by atoms with van der Waals surface area (Å²) in [4.78, 5) is 27.7. The molecule has 4 rings (SSSR count). The van der Waals surface area contributed by atoms with Crippen LogP contribution in [0.5, 0.6) is 5.75 Å². The number of carbonyl (C=O) groups excluding carboxylic acids is 2. The summed E-state index contributed by atoms with van der Waals surface area (Å²) in [6.07, 6.45) is 1.09. The lowest BCUT2D eigenvalue weighted by atomic mass is 9.72. The van der Waals surface area contributed by atoms with E-state index >= 15 is 0 Å². The summed E-state index contributed by atoms with van der Waals surface area (Å²) in [5.41, 5.74) is 3.19. The maximum Gasteiger partial charge on any atom is 0.336 e. The van der Waals surface area contributed by atoms with Crippen molar-refractivity contribution in [1.82, 2.24) is 5.32 Å². The second-order valence-corrected chi connectivity index (χ2v) is 8.94. The van der Waals surface area contributed by atoms with Crippen LogP contribution in [-0.4, -0.2) is 36.7 Å². The van der Waals surface area contributed by atoms with E-state index in [9.17, 15) is 14.7 Å². The van der Waals surface area contributed by atoms with Crippen molar-refractivity contribution in [1.29, 1.82) is 0 Å². The standard InChI is InChI=1S/C25H27NO5S/c1-3-30-9-10-31-25(29)22-15(2)26-19-13-17(21-8-5-11-32-21)14-20(28)24(19)23(22)16-6-4-7-18(27)12-16/h4-8,11-12,17,23,26-27H,3,9-10,13-14H2,1-2H3. The number of phenolic OH excluding ortho intramolecular Hbond substituents is 1. The van der Waals surface area contributed by atoms with Crippen LogP contribution in [0.25, 0.3) is 0 Å². The van der Waals surface area contributed by atoms with Gasteiger partial charge in [-0.25, -0.2) is 4.79 Å². The Balaban J connectivity index is 1.71. The van der Waals surface area contributed by atoms with E-state index in [-0.39, 0.29) is 24.1 Å². The van der Waals surface area contributed by atoms with Crippen molar-refractivity contribution in [3.05, 3.63) is 74.8 Å². The molecule has 168 valence electrons. The Morgan fingerprint density at radius 2 is 2.06 bits per heavy atom. The fourth-order valence-corrected chi connectivity index (χ4v) is 5.32. The third kappa shape index (κ3) is 4.49. The van der Waals surface area contributed by atoms with Crippen molar-refractivity contribution in [3.8, 4) is 5.75 Å². The number of phenols is 1. The summed E-state index contributed by atoms with van der Waals surface area (Å²) >= 11 is 1.66. The van der Waals surface area contributed by atoms with Crippen molar-refractivity contribution in [2.24, 2.45) is 0 Å². The number of thiophene rings is 1. The van der Waals surface area contributed by atoms with Gasteiger partial charge in [-0.2, -0.15) is 0 Å².